The summed E-state index contributed by atoms with van der Waals surface area (Å²) in [4.78, 5) is 13.2. The van der Waals surface area contributed by atoms with Crippen LogP contribution in [-0.2, 0) is 9.53 Å². The average Bonchev–Trinajstić information content (AvgIpc) is 2.77. The van der Waals surface area contributed by atoms with Gasteiger partial charge in [0.1, 0.15) is 5.78 Å². The quantitative estimate of drug-likeness (QED) is 0.678. The minimum Gasteiger partial charge on any atom is -0.377 e. The lowest BCUT2D eigenvalue weighted by Gasteiger charge is -2.16. The van der Waals surface area contributed by atoms with Crippen LogP contribution in [0.5, 0.6) is 0 Å². The van der Waals surface area contributed by atoms with Crippen LogP contribution in [0.2, 0.25) is 0 Å². The van der Waals surface area contributed by atoms with E-state index in [2.05, 4.69) is 4.90 Å². The molecule has 0 aromatic rings. The van der Waals surface area contributed by atoms with E-state index in [4.69, 9.17) is 4.74 Å². The van der Waals surface area contributed by atoms with Gasteiger partial charge in [-0.1, -0.05) is 12.8 Å². The summed E-state index contributed by atoms with van der Waals surface area (Å²) in [5.41, 5.74) is 0. The van der Waals surface area contributed by atoms with Crippen LogP contribution >= 0.6 is 0 Å². The molecular formula is C11H19NO2. The molecule has 2 aliphatic rings. The Kier molecular flexibility index (Phi) is 3.54. The summed E-state index contributed by atoms with van der Waals surface area (Å²) in [5.74, 6) is 0.380. The molecule has 3 heteroatoms. The maximum absolute atomic E-state index is 11.0. The monoisotopic (exact) mass is 197 g/mol. The summed E-state index contributed by atoms with van der Waals surface area (Å²) in [7, 11) is 0. The number of ether oxygens (including phenoxy) is 1. The van der Waals surface area contributed by atoms with Crippen LogP contribution in [0.25, 0.3) is 0 Å². The Hall–Kier alpha value is -0.410. The van der Waals surface area contributed by atoms with E-state index in [1.54, 1.807) is 0 Å². The van der Waals surface area contributed by atoms with E-state index in [9.17, 15) is 4.79 Å². The predicted molar refractivity (Wildman–Crippen MR) is 54.3 cm³/mol. The predicted octanol–water partition coefficient (Wildman–Crippen LogP) is 1.22. The van der Waals surface area contributed by atoms with Gasteiger partial charge < -0.3 is 4.74 Å². The van der Waals surface area contributed by atoms with E-state index < -0.39 is 0 Å². The summed E-state index contributed by atoms with van der Waals surface area (Å²) >= 11 is 0. The standard InChI is InChI=1S/C11H19NO2/c13-10-5-6-12(9-10)7-8-14-11-3-1-2-4-11/h11H,1-9H2. The SMILES string of the molecule is O=C1CCN(CCOC2CCCC2)C1. The number of likely N-dealkylation sites (tertiary alicyclic amines) is 1. The normalized spacial score (nSPS) is 25.0. The Bertz CT molecular complexity index is 199. The summed E-state index contributed by atoms with van der Waals surface area (Å²) in [6, 6.07) is 0. The molecule has 0 bridgehead atoms. The highest BCUT2D eigenvalue weighted by Gasteiger charge is 2.20. The van der Waals surface area contributed by atoms with Crippen molar-refractivity contribution in [3.63, 3.8) is 0 Å². The first-order chi connectivity index (χ1) is 6.84. The van der Waals surface area contributed by atoms with E-state index in [1.807, 2.05) is 0 Å². The van der Waals surface area contributed by atoms with Crippen molar-refractivity contribution in [2.45, 2.75) is 38.2 Å². The number of nitrogens with zero attached hydrogens (tertiary/aromatic N) is 1. The average molecular weight is 197 g/mol. The van der Waals surface area contributed by atoms with Crippen LogP contribution in [0.15, 0.2) is 0 Å². The van der Waals surface area contributed by atoms with Crippen LogP contribution in [0.3, 0.4) is 0 Å². The number of hydrogen-bond donors (Lipinski definition) is 0. The lowest BCUT2D eigenvalue weighted by atomic mass is 10.3. The minimum absolute atomic E-state index is 0.380. The van der Waals surface area contributed by atoms with Gasteiger partial charge in [-0.05, 0) is 12.8 Å². The van der Waals surface area contributed by atoms with Gasteiger partial charge in [0.2, 0.25) is 0 Å². The van der Waals surface area contributed by atoms with E-state index >= 15 is 0 Å². The largest absolute Gasteiger partial charge is 0.377 e. The molecule has 0 aromatic carbocycles. The first-order valence-corrected chi connectivity index (χ1v) is 5.70. The summed E-state index contributed by atoms with van der Waals surface area (Å²) in [6.45, 7) is 3.32. The van der Waals surface area contributed by atoms with Gasteiger partial charge in [0.05, 0.1) is 19.3 Å². The molecule has 1 saturated carbocycles. The molecule has 0 radical (unpaired) electrons. The fraction of sp³-hybridized carbons (Fsp3) is 0.909. The highest BCUT2D eigenvalue weighted by Crippen LogP contribution is 2.20. The van der Waals surface area contributed by atoms with Gasteiger partial charge in [-0.15, -0.1) is 0 Å². The van der Waals surface area contributed by atoms with Crippen LogP contribution < -0.4 is 0 Å². The summed E-state index contributed by atoms with van der Waals surface area (Å²) < 4.78 is 5.75. The van der Waals surface area contributed by atoms with Crippen LogP contribution in [0.1, 0.15) is 32.1 Å². The molecule has 80 valence electrons. The Morgan fingerprint density at radius 2 is 2.14 bits per heavy atom. The molecule has 0 aromatic heterocycles. The van der Waals surface area contributed by atoms with Gasteiger partial charge >= 0.3 is 0 Å². The molecule has 2 fully saturated rings. The maximum atomic E-state index is 11.0. The van der Waals surface area contributed by atoms with Crippen molar-refractivity contribution in [1.82, 2.24) is 4.90 Å². The molecule has 2 rings (SSSR count). The molecule has 1 heterocycles. The zero-order chi connectivity index (χ0) is 9.80. The summed E-state index contributed by atoms with van der Waals surface area (Å²) in [6.07, 6.45) is 6.37. The number of Topliss-reactive ketones (excluding diaryl/α,β-unsaturated/α-hetero) is 1. The third kappa shape index (κ3) is 2.79. The van der Waals surface area contributed by atoms with Crippen LogP contribution in [-0.4, -0.2) is 43.0 Å². The molecule has 0 N–H and O–H groups in total. The lowest BCUT2D eigenvalue weighted by Crippen LogP contribution is -2.26. The van der Waals surface area contributed by atoms with Crippen molar-refractivity contribution in [1.29, 1.82) is 0 Å². The first-order valence-electron chi connectivity index (χ1n) is 5.70. The van der Waals surface area contributed by atoms with Crippen molar-refractivity contribution in [3.05, 3.63) is 0 Å². The van der Waals surface area contributed by atoms with Gasteiger partial charge in [0, 0.05) is 19.5 Å². The van der Waals surface area contributed by atoms with Crippen molar-refractivity contribution >= 4 is 5.78 Å². The van der Waals surface area contributed by atoms with Crippen LogP contribution in [0, 0.1) is 0 Å². The van der Waals surface area contributed by atoms with Gasteiger partial charge in [-0.3, -0.25) is 9.69 Å². The van der Waals surface area contributed by atoms with E-state index in [0.29, 0.717) is 18.4 Å². The second-order valence-electron chi connectivity index (χ2n) is 4.34. The summed E-state index contributed by atoms with van der Waals surface area (Å²) in [5, 5.41) is 0. The van der Waals surface area contributed by atoms with Crippen molar-refractivity contribution in [2.24, 2.45) is 0 Å². The molecule has 0 unspecified atom stereocenters. The molecular weight excluding hydrogens is 178 g/mol. The number of hydrogen-bond acceptors (Lipinski definition) is 3. The van der Waals surface area contributed by atoms with Crippen molar-refractivity contribution < 1.29 is 9.53 Å². The van der Waals surface area contributed by atoms with Crippen LogP contribution in [0.4, 0.5) is 0 Å². The molecule has 3 nitrogen and oxygen atoms in total. The Labute approximate surface area is 85.4 Å². The minimum atomic E-state index is 0.380. The Morgan fingerprint density at radius 1 is 1.36 bits per heavy atom. The third-order valence-electron chi connectivity index (χ3n) is 3.17. The van der Waals surface area contributed by atoms with Gasteiger partial charge in [-0.2, -0.15) is 0 Å². The Balaban J connectivity index is 1.56. The number of ketones is 1. The molecule has 1 saturated heterocycles. The number of carbonyl (C=O) groups excluding carboxylic acids is 1. The molecule has 0 amide bonds. The third-order valence-corrected chi connectivity index (χ3v) is 3.17. The highest BCUT2D eigenvalue weighted by molar-refractivity contribution is 5.82. The maximum Gasteiger partial charge on any atom is 0.148 e. The Morgan fingerprint density at radius 3 is 2.79 bits per heavy atom. The smallest absolute Gasteiger partial charge is 0.148 e. The van der Waals surface area contributed by atoms with E-state index in [1.165, 1.54) is 25.7 Å². The fourth-order valence-corrected chi connectivity index (χ4v) is 2.28. The molecule has 0 spiro atoms. The fourth-order valence-electron chi connectivity index (χ4n) is 2.28. The second kappa shape index (κ2) is 4.89. The zero-order valence-corrected chi connectivity index (χ0v) is 8.71. The second-order valence-corrected chi connectivity index (χ2v) is 4.34. The van der Waals surface area contributed by atoms with Gasteiger partial charge in [-0.25, -0.2) is 0 Å². The van der Waals surface area contributed by atoms with E-state index in [-0.39, 0.29) is 0 Å². The van der Waals surface area contributed by atoms with Crippen molar-refractivity contribution in [2.75, 3.05) is 26.2 Å². The van der Waals surface area contributed by atoms with Crippen molar-refractivity contribution in [3.8, 4) is 0 Å². The number of rotatable bonds is 4. The number of carbonyl (C=O) groups is 1. The topological polar surface area (TPSA) is 29.5 Å². The van der Waals surface area contributed by atoms with Gasteiger partial charge in [0.15, 0.2) is 0 Å². The lowest BCUT2D eigenvalue weighted by molar-refractivity contribution is -0.116. The van der Waals surface area contributed by atoms with Gasteiger partial charge in [0.25, 0.3) is 0 Å². The highest BCUT2D eigenvalue weighted by atomic mass is 16.5. The zero-order valence-electron chi connectivity index (χ0n) is 8.71. The first kappa shape index (κ1) is 10.1. The molecule has 0 atom stereocenters. The molecule has 1 aliphatic carbocycles. The molecule has 1 aliphatic heterocycles. The van der Waals surface area contributed by atoms with E-state index in [0.717, 1.165) is 26.1 Å². The molecule has 14 heavy (non-hydrogen) atoms.